The molecule has 0 aromatic heterocycles. The maximum atomic E-state index is 12.6. The molecule has 0 spiro atoms. The highest BCUT2D eigenvalue weighted by atomic mass is 32.2. The van der Waals surface area contributed by atoms with Gasteiger partial charge in [0.25, 0.3) is 5.91 Å². The molecule has 8 heteroatoms. The van der Waals surface area contributed by atoms with E-state index < -0.39 is 28.5 Å². The third-order valence-electron chi connectivity index (χ3n) is 4.87. The molecule has 3 rings (SSSR count). The molecule has 0 aliphatic carbocycles. The summed E-state index contributed by atoms with van der Waals surface area (Å²) < 4.78 is 31.6. The largest absolute Gasteiger partial charge is 0.452 e. The molecule has 3 aromatic rings. The fraction of sp³-hybridized carbons (Fsp3) is 0.217. The van der Waals surface area contributed by atoms with Gasteiger partial charge in [0.1, 0.15) is 0 Å². The van der Waals surface area contributed by atoms with Crippen LogP contribution in [-0.2, 0) is 19.6 Å². The molecule has 0 radical (unpaired) electrons. The molecule has 0 saturated carbocycles. The van der Waals surface area contributed by atoms with Crippen LogP contribution in [-0.4, -0.2) is 44.3 Å². The summed E-state index contributed by atoms with van der Waals surface area (Å²) in [6, 6.07) is 18.5. The maximum Gasteiger partial charge on any atom is 0.338 e. The molecular weight excluding hydrogens is 416 g/mol. The van der Waals surface area contributed by atoms with Gasteiger partial charge in [0.05, 0.1) is 10.5 Å². The standard InChI is InChI=1S/C23H24N2O5S/c1-16(2)25(3)31(28,29)19-11-6-10-18(14-19)23(27)30-15-22(26)24-21-13-7-9-17-8-4-5-12-20(17)21/h4-14,16H,15H2,1-3H3,(H,24,26). The lowest BCUT2D eigenvalue weighted by molar-refractivity contribution is -0.119. The molecular formula is C23H24N2O5S. The fourth-order valence-corrected chi connectivity index (χ4v) is 4.38. The van der Waals surface area contributed by atoms with Crippen LogP contribution in [0, 0.1) is 0 Å². The summed E-state index contributed by atoms with van der Waals surface area (Å²) in [5.74, 6) is -1.27. The van der Waals surface area contributed by atoms with Crippen molar-refractivity contribution in [1.29, 1.82) is 0 Å². The molecule has 0 saturated heterocycles. The van der Waals surface area contributed by atoms with Crippen molar-refractivity contribution >= 4 is 38.4 Å². The number of ether oxygens (including phenoxy) is 1. The lowest BCUT2D eigenvalue weighted by atomic mass is 10.1. The molecule has 162 valence electrons. The lowest BCUT2D eigenvalue weighted by Gasteiger charge is -2.21. The lowest BCUT2D eigenvalue weighted by Crippen LogP contribution is -2.33. The van der Waals surface area contributed by atoms with E-state index in [2.05, 4.69) is 5.32 Å². The van der Waals surface area contributed by atoms with Crippen molar-refractivity contribution in [2.24, 2.45) is 0 Å². The predicted octanol–water partition coefficient (Wildman–Crippen LogP) is 3.66. The van der Waals surface area contributed by atoms with Gasteiger partial charge < -0.3 is 10.1 Å². The Balaban J connectivity index is 1.68. The van der Waals surface area contributed by atoms with Crippen molar-refractivity contribution in [3.8, 4) is 0 Å². The summed E-state index contributed by atoms with van der Waals surface area (Å²) in [5.41, 5.74) is 0.667. The molecule has 0 heterocycles. The molecule has 0 fully saturated rings. The molecule has 0 bridgehead atoms. The average Bonchev–Trinajstić information content (AvgIpc) is 2.77. The topological polar surface area (TPSA) is 92.8 Å². The Labute approximate surface area is 181 Å². The maximum absolute atomic E-state index is 12.6. The Hall–Kier alpha value is -3.23. The molecule has 0 unspecified atom stereocenters. The number of sulfonamides is 1. The van der Waals surface area contributed by atoms with Gasteiger partial charge in [-0.1, -0.05) is 42.5 Å². The van der Waals surface area contributed by atoms with Gasteiger partial charge in [0.2, 0.25) is 10.0 Å². The van der Waals surface area contributed by atoms with Crippen molar-refractivity contribution in [1.82, 2.24) is 4.31 Å². The van der Waals surface area contributed by atoms with Gasteiger partial charge in [-0.15, -0.1) is 0 Å². The second-order valence-electron chi connectivity index (χ2n) is 7.29. The quantitative estimate of drug-likeness (QED) is 0.566. The van der Waals surface area contributed by atoms with Crippen molar-refractivity contribution in [2.75, 3.05) is 19.0 Å². The van der Waals surface area contributed by atoms with E-state index in [1.807, 2.05) is 36.4 Å². The molecule has 0 aliphatic rings. The summed E-state index contributed by atoms with van der Waals surface area (Å²) in [6.45, 7) is 3.01. The Bertz CT molecular complexity index is 1220. The number of carbonyl (C=O) groups is 2. The van der Waals surface area contributed by atoms with Gasteiger partial charge in [0, 0.05) is 24.2 Å². The molecule has 1 N–H and O–H groups in total. The van der Waals surface area contributed by atoms with E-state index in [1.165, 1.54) is 35.6 Å². The van der Waals surface area contributed by atoms with Crippen molar-refractivity contribution in [2.45, 2.75) is 24.8 Å². The van der Waals surface area contributed by atoms with Gasteiger partial charge >= 0.3 is 5.97 Å². The van der Waals surface area contributed by atoms with Gasteiger partial charge in [-0.3, -0.25) is 4.79 Å². The summed E-state index contributed by atoms with van der Waals surface area (Å²) in [7, 11) is -2.27. The van der Waals surface area contributed by atoms with Crippen LogP contribution < -0.4 is 5.32 Å². The molecule has 0 atom stereocenters. The zero-order valence-corrected chi connectivity index (χ0v) is 18.3. The summed E-state index contributed by atoms with van der Waals surface area (Å²) in [6.07, 6.45) is 0. The summed E-state index contributed by atoms with van der Waals surface area (Å²) in [5, 5.41) is 4.58. The van der Waals surface area contributed by atoms with Crippen molar-refractivity contribution < 1.29 is 22.7 Å². The highest BCUT2D eigenvalue weighted by Gasteiger charge is 2.24. The van der Waals surface area contributed by atoms with Crippen molar-refractivity contribution in [3.05, 3.63) is 72.3 Å². The van der Waals surface area contributed by atoms with Crippen LogP contribution in [0.3, 0.4) is 0 Å². The number of benzene rings is 3. The second kappa shape index (κ2) is 9.28. The van der Waals surface area contributed by atoms with E-state index in [4.69, 9.17) is 4.74 Å². The van der Waals surface area contributed by atoms with Crippen LogP contribution >= 0.6 is 0 Å². The number of esters is 1. The smallest absolute Gasteiger partial charge is 0.338 e. The molecule has 3 aromatic carbocycles. The highest BCUT2D eigenvalue weighted by Crippen LogP contribution is 2.23. The number of hydrogen-bond donors (Lipinski definition) is 1. The van der Waals surface area contributed by atoms with E-state index in [9.17, 15) is 18.0 Å². The normalized spacial score (nSPS) is 11.6. The van der Waals surface area contributed by atoms with Crippen LogP contribution in [0.1, 0.15) is 24.2 Å². The minimum Gasteiger partial charge on any atom is -0.452 e. The minimum absolute atomic E-state index is 0.0154. The number of fused-ring (bicyclic) bond motifs is 1. The van der Waals surface area contributed by atoms with E-state index >= 15 is 0 Å². The zero-order valence-electron chi connectivity index (χ0n) is 17.5. The van der Waals surface area contributed by atoms with Gasteiger partial charge in [-0.25, -0.2) is 13.2 Å². The zero-order chi connectivity index (χ0) is 22.6. The van der Waals surface area contributed by atoms with Crippen LogP contribution in [0.5, 0.6) is 0 Å². The van der Waals surface area contributed by atoms with E-state index in [1.54, 1.807) is 19.9 Å². The van der Waals surface area contributed by atoms with Crippen LogP contribution in [0.4, 0.5) is 5.69 Å². The van der Waals surface area contributed by atoms with Gasteiger partial charge in [-0.2, -0.15) is 4.31 Å². The molecule has 1 amide bonds. The Kier molecular flexibility index (Phi) is 6.72. The number of nitrogens with one attached hydrogen (secondary N) is 1. The Morgan fingerprint density at radius 1 is 1.00 bits per heavy atom. The molecule has 31 heavy (non-hydrogen) atoms. The Morgan fingerprint density at radius 2 is 1.68 bits per heavy atom. The average molecular weight is 441 g/mol. The van der Waals surface area contributed by atoms with Gasteiger partial charge in [0.15, 0.2) is 6.61 Å². The van der Waals surface area contributed by atoms with E-state index in [-0.39, 0.29) is 16.5 Å². The number of nitrogens with zero attached hydrogens (tertiary/aromatic N) is 1. The third-order valence-corrected chi connectivity index (χ3v) is 6.90. The van der Waals surface area contributed by atoms with E-state index in [0.29, 0.717) is 5.69 Å². The number of amides is 1. The van der Waals surface area contributed by atoms with Gasteiger partial charge in [-0.05, 0) is 43.5 Å². The molecule has 0 aliphatic heterocycles. The second-order valence-corrected chi connectivity index (χ2v) is 9.29. The first-order valence-electron chi connectivity index (χ1n) is 9.73. The molecule has 7 nitrogen and oxygen atoms in total. The first-order valence-corrected chi connectivity index (χ1v) is 11.2. The Morgan fingerprint density at radius 3 is 2.42 bits per heavy atom. The van der Waals surface area contributed by atoms with E-state index in [0.717, 1.165) is 10.8 Å². The van der Waals surface area contributed by atoms with Crippen LogP contribution in [0.15, 0.2) is 71.6 Å². The third kappa shape index (κ3) is 5.10. The first-order chi connectivity index (χ1) is 14.7. The predicted molar refractivity (Wildman–Crippen MR) is 119 cm³/mol. The first kappa shape index (κ1) is 22.5. The number of rotatable bonds is 7. The summed E-state index contributed by atoms with van der Waals surface area (Å²) >= 11 is 0. The van der Waals surface area contributed by atoms with Crippen molar-refractivity contribution in [3.63, 3.8) is 0 Å². The number of carbonyl (C=O) groups excluding carboxylic acids is 2. The number of anilines is 1. The van der Waals surface area contributed by atoms with Crippen LogP contribution in [0.25, 0.3) is 10.8 Å². The monoisotopic (exact) mass is 440 g/mol. The van der Waals surface area contributed by atoms with Crippen LogP contribution in [0.2, 0.25) is 0 Å². The number of hydrogen-bond acceptors (Lipinski definition) is 5. The SMILES string of the molecule is CC(C)N(C)S(=O)(=O)c1cccc(C(=O)OCC(=O)Nc2cccc3ccccc23)c1. The summed E-state index contributed by atoms with van der Waals surface area (Å²) in [4.78, 5) is 24.7. The minimum atomic E-state index is -3.74. The fourth-order valence-electron chi connectivity index (χ4n) is 2.96. The highest BCUT2D eigenvalue weighted by molar-refractivity contribution is 7.89.